The molecule has 3 atom stereocenters. The highest BCUT2D eigenvalue weighted by molar-refractivity contribution is 5.87. The summed E-state index contributed by atoms with van der Waals surface area (Å²) in [5.41, 5.74) is 6.93. The fraction of sp³-hybridized carbons (Fsp3) is 0.277. The van der Waals surface area contributed by atoms with Crippen LogP contribution >= 0.6 is 0 Å². The quantitative estimate of drug-likeness (QED) is 0.0769. The van der Waals surface area contributed by atoms with Gasteiger partial charge in [-0.05, 0) is 95.1 Å². The number of aromatic amines is 1. The molecule has 57 heavy (non-hydrogen) atoms. The smallest absolute Gasteiger partial charge is 0.408 e. The summed E-state index contributed by atoms with van der Waals surface area (Å²) in [6.45, 7) is 4.22. The molecule has 10 nitrogen and oxygen atoms in total. The summed E-state index contributed by atoms with van der Waals surface area (Å²) in [6, 6.07) is 40.3. The van der Waals surface area contributed by atoms with E-state index in [0.717, 1.165) is 78.0 Å². The molecule has 0 spiro atoms. The van der Waals surface area contributed by atoms with Gasteiger partial charge in [0.05, 0.1) is 30.3 Å². The number of ether oxygens (including phenoxy) is 1. The van der Waals surface area contributed by atoms with Crippen molar-refractivity contribution in [3.05, 3.63) is 166 Å². The summed E-state index contributed by atoms with van der Waals surface area (Å²) < 4.78 is 6.28. The average Bonchev–Trinajstić information content (AvgIpc) is 3.24. The van der Waals surface area contributed by atoms with Gasteiger partial charge in [-0.3, -0.25) is 9.69 Å². The molecule has 3 aliphatic heterocycles. The molecule has 9 rings (SSSR count). The number of carbonyl (C=O) groups is 1. The van der Waals surface area contributed by atoms with Gasteiger partial charge in [-0.2, -0.15) is 0 Å². The number of aliphatic hydroxyl groups is 1. The Labute approximate surface area is 332 Å². The molecule has 5 aromatic carbocycles. The molecule has 292 valence electrons. The first-order valence-electron chi connectivity index (χ1n) is 19.7. The third-order valence-corrected chi connectivity index (χ3v) is 11.6. The zero-order valence-corrected chi connectivity index (χ0v) is 31.8. The van der Waals surface area contributed by atoms with Gasteiger partial charge in [0.25, 0.3) is 0 Å². The average molecular weight is 765 g/mol. The van der Waals surface area contributed by atoms with Crippen LogP contribution in [0.1, 0.15) is 52.8 Å². The van der Waals surface area contributed by atoms with E-state index in [2.05, 4.69) is 63.7 Å². The van der Waals surface area contributed by atoms with Crippen molar-refractivity contribution in [1.82, 2.24) is 20.1 Å². The monoisotopic (exact) mass is 764 g/mol. The number of carboxylic acid groups (broad SMARTS) is 1. The number of fused-ring (bicyclic) bond motifs is 4. The third-order valence-electron chi connectivity index (χ3n) is 11.6. The van der Waals surface area contributed by atoms with E-state index in [1.165, 1.54) is 12.1 Å². The van der Waals surface area contributed by atoms with E-state index >= 15 is 0 Å². The van der Waals surface area contributed by atoms with E-state index < -0.39 is 18.2 Å². The topological polar surface area (TPSA) is 138 Å². The number of aliphatic hydroxyl groups excluding tert-OH is 1. The van der Waals surface area contributed by atoms with Crippen LogP contribution < -0.4 is 15.6 Å². The van der Waals surface area contributed by atoms with Crippen LogP contribution in [-0.2, 0) is 13.0 Å². The highest BCUT2D eigenvalue weighted by Crippen LogP contribution is 2.39. The van der Waals surface area contributed by atoms with Crippen molar-refractivity contribution in [2.24, 2.45) is 5.92 Å². The fourth-order valence-corrected chi connectivity index (χ4v) is 8.59. The van der Waals surface area contributed by atoms with Crippen LogP contribution in [-0.4, -0.2) is 75.0 Å². The highest BCUT2D eigenvalue weighted by atomic mass is 16.5. The van der Waals surface area contributed by atoms with Gasteiger partial charge in [-0.15, -0.1) is 0 Å². The van der Waals surface area contributed by atoms with Gasteiger partial charge in [0.1, 0.15) is 11.5 Å². The Morgan fingerprint density at radius 2 is 1.54 bits per heavy atom. The van der Waals surface area contributed by atoms with E-state index in [-0.39, 0.29) is 17.4 Å². The maximum absolute atomic E-state index is 13.0. The summed E-state index contributed by atoms with van der Waals surface area (Å²) in [5.74, 6) is 1.06. The Bertz CT molecular complexity index is 2360. The number of amides is 1. The summed E-state index contributed by atoms with van der Waals surface area (Å²) in [7, 11) is 0. The molecule has 1 unspecified atom stereocenters. The number of benzene rings is 5. The van der Waals surface area contributed by atoms with E-state index in [9.17, 15) is 24.9 Å². The number of nitrogens with one attached hydrogen (secondary N) is 2. The van der Waals surface area contributed by atoms with Crippen LogP contribution in [0.15, 0.2) is 132 Å². The summed E-state index contributed by atoms with van der Waals surface area (Å²) in [5, 5.41) is 35.6. The van der Waals surface area contributed by atoms with Gasteiger partial charge in [0.15, 0.2) is 0 Å². The Hall–Kier alpha value is -5.94. The van der Waals surface area contributed by atoms with E-state index in [1.807, 2.05) is 54.6 Å². The van der Waals surface area contributed by atoms with E-state index in [0.29, 0.717) is 42.1 Å². The number of rotatable bonds is 14. The summed E-state index contributed by atoms with van der Waals surface area (Å²) in [6.07, 6.45) is 1.08. The lowest BCUT2D eigenvalue weighted by molar-refractivity contribution is -0.000811. The van der Waals surface area contributed by atoms with Crippen molar-refractivity contribution in [3.8, 4) is 22.6 Å². The minimum Gasteiger partial charge on any atom is -0.506 e. The zero-order chi connectivity index (χ0) is 39.3. The number of aromatic nitrogens is 1. The lowest BCUT2D eigenvalue weighted by Crippen LogP contribution is -2.59. The number of piperidine rings is 3. The Balaban J connectivity index is 0.862. The van der Waals surface area contributed by atoms with E-state index in [4.69, 9.17) is 4.74 Å². The van der Waals surface area contributed by atoms with E-state index in [1.54, 1.807) is 17.0 Å². The number of nitrogens with zero attached hydrogens (tertiary/aromatic N) is 2. The molecule has 3 saturated heterocycles. The second-order valence-electron chi connectivity index (χ2n) is 15.2. The van der Waals surface area contributed by atoms with Crippen molar-refractivity contribution in [1.29, 1.82) is 0 Å². The number of pyridine rings is 1. The van der Waals surface area contributed by atoms with Gasteiger partial charge in [-0.25, -0.2) is 4.79 Å². The van der Waals surface area contributed by atoms with Gasteiger partial charge >= 0.3 is 6.09 Å². The second kappa shape index (κ2) is 17.1. The van der Waals surface area contributed by atoms with Crippen LogP contribution in [0, 0.1) is 5.92 Å². The first kappa shape index (κ1) is 38.0. The Morgan fingerprint density at radius 3 is 2.23 bits per heavy atom. The molecule has 2 bridgehead atoms. The largest absolute Gasteiger partial charge is 0.506 e. The van der Waals surface area contributed by atoms with Crippen molar-refractivity contribution >= 4 is 17.0 Å². The van der Waals surface area contributed by atoms with Crippen molar-refractivity contribution in [2.45, 2.75) is 44.0 Å². The molecule has 0 saturated carbocycles. The molecule has 0 radical (unpaired) electrons. The Kier molecular flexibility index (Phi) is 11.4. The summed E-state index contributed by atoms with van der Waals surface area (Å²) >= 11 is 0. The number of hydrogen-bond acceptors (Lipinski definition) is 7. The summed E-state index contributed by atoms with van der Waals surface area (Å²) in [4.78, 5) is 31.5. The predicted molar refractivity (Wildman–Crippen MR) is 222 cm³/mol. The molecule has 3 fully saturated rings. The molecule has 4 heterocycles. The molecular weight excluding hydrogens is 717 g/mol. The van der Waals surface area contributed by atoms with Crippen LogP contribution in [0.2, 0.25) is 0 Å². The van der Waals surface area contributed by atoms with Gasteiger partial charge < -0.3 is 35.3 Å². The second-order valence-corrected chi connectivity index (χ2v) is 15.2. The SMILES string of the molecule is O=C(O)N(C1CN2CCC1CC2)[C@H](c1ccccc1)c1cccc(OCCc2ccc(-c3ccc(CNC[C@H](O)c4ccc(O)c5[nH]c(=O)ccc45)cc3)cc2)c1. The van der Waals surface area contributed by atoms with Crippen molar-refractivity contribution in [3.63, 3.8) is 0 Å². The van der Waals surface area contributed by atoms with Crippen LogP contribution in [0.5, 0.6) is 11.5 Å². The maximum Gasteiger partial charge on any atom is 0.408 e. The lowest BCUT2D eigenvalue weighted by atomic mass is 9.81. The zero-order valence-electron chi connectivity index (χ0n) is 31.8. The van der Waals surface area contributed by atoms with Crippen LogP contribution in [0.25, 0.3) is 22.0 Å². The highest BCUT2D eigenvalue weighted by Gasteiger charge is 2.43. The number of H-pyrrole nitrogens is 1. The molecular formula is C47H48N4O6. The number of aromatic hydroxyl groups is 1. The molecule has 1 aromatic heterocycles. The number of phenolic OH excluding ortho intramolecular Hbond substituents is 1. The Morgan fingerprint density at radius 1 is 0.842 bits per heavy atom. The maximum atomic E-state index is 13.0. The minimum absolute atomic E-state index is 0.0344. The van der Waals surface area contributed by atoms with Crippen molar-refractivity contribution in [2.75, 3.05) is 32.8 Å². The molecule has 3 aliphatic rings. The van der Waals surface area contributed by atoms with Crippen LogP contribution in [0.3, 0.4) is 0 Å². The van der Waals surface area contributed by atoms with Crippen LogP contribution in [0.4, 0.5) is 4.79 Å². The first-order valence-corrected chi connectivity index (χ1v) is 19.7. The lowest BCUT2D eigenvalue weighted by Gasteiger charge is -2.50. The van der Waals surface area contributed by atoms with Crippen molar-refractivity contribution < 1.29 is 24.9 Å². The number of phenols is 1. The molecule has 5 N–H and O–H groups in total. The standard InChI is InChI=1S/C47H48N4O6/c52-42-19-17-39(40-18-20-44(54)49-45(40)42)43(53)29-48-28-32-11-15-34(16-12-32)33-13-9-31(10-14-33)23-26-57-38-8-4-7-37(27-38)46(36-5-2-1-3-6-36)51(47(55)56)41-30-50-24-21-35(41)22-25-50/h1-20,27,35,41,43,46,48,52-53H,21-26,28-30H2,(H,49,54)(H,55,56)/t41?,43-,46+/m0/s1. The molecule has 1 amide bonds. The third kappa shape index (κ3) is 8.58. The normalized spacial score (nSPS) is 18.6. The molecule has 6 aromatic rings. The van der Waals surface area contributed by atoms with Gasteiger partial charge in [0, 0.05) is 37.5 Å². The predicted octanol–water partition coefficient (Wildman–Crippen LogP) is 7.51. The number of hydrogen-bond donors (Lipinski definition) is 5. The molecule has 0 aliphatic carbocycles. The molecule has 10 heteroatoms. The van der Waals surface area contributed by atoms with Gasteiger partial charge in [-0.1, -0.05) is 97.1 Å². The minimum atomic E-state index is -0.889. The van der Waals surface area contributed by atoms with Gasteiger partial charge in [0.2, 0.25) is 5.56 Å². The first-order chi connectivity index (χ1) is 27.8. The fourth-order valence-electron chi connectivity index (χ4n) is 8.59.